The summed E-state index contributed by atoms with van der Waals surface area (Å²) in [5.41, 5.74) is 0.834. The van der Waals surface area contributed by atoms with Crippen LogP contribution in [0.1, 0.15) is 11.1 Å². The molecule has 0 radical (unpaired) electrons. The summed E-state index contributed by atoms with van der Waals surface area (Å²) >= 11 is 0. The molecule has 2 aromatic rings. The van der Waals surface area contributed by atoms with Crippen LogP contribution in [0.4, 0.5) is 11.4 Å². The van der Waals surface area contributed by atoms with Crippen LogP contribution in [0.3, 0.4) is 0 Å². The van der Waals surface area contributed by atoms with Gasteiger partial charge in [-0.15, -0.1) is 0 Å². The Hall–Kier alpha value is -2.90. The molecule has 102 valence electrons. The van der Waals surface area contributed by atoms with Crippen LogP contribution < -0.4 is 0 Å². The van der Waals surface area contributed by atoms with Crippen molar-refractivity contribution in [3.05, 3.63) is 68.3 Å². The van der Waals surface area contributed by atoms with E-state index >= 15 is 0 Å². The second-order valence-corrected chi connectivity index (χ2v) is 4.02. The first-order valence-corrected chi connectivity index (χ1v) is 5.74. The lowest BCUT2D eigenvalue weighted by Gasteiger charge is -2.03. The molecule has 0 aliphatic carbocycles. The third-order valence-corrected chi connectivity index (χ3v) is 2.83. The first-order valence-electron chi connectivity index (χ1n) is 5.74. The molecule has 2 rings (SSSR count). The third-order valence-electron chi connectivity index (χ3n) is 2.83. The number of nitro groups is 2. The van der Waals surface area contributed by atoms with Crippen molar-refractivity contribution < 1.29 is 9.85 Å². The van der Waals surface area contributed by atoms with Crippen LogP contribution in [0.5, 0.6) is 0 Å². The van der Waals surface area contributed by atoms with Gasteiger partial charge in [-0.3, -0.25) is 30.2 Å². The fourth-order valence-electron chi connectivity index (χ4n) is 1.85. The topological polar surface area (TPSA) is 112 Å². The molecular weight excluding hydrogens is 264 g/mol. The Balaban J connectivity index is 2.22. The monoisotopic (exact) mass is 274 g/mol. The molecule has 0 aliphatic rings. The zero-order chi connectivity index (χ0) is 14.5. The SMILES string of the molecule is O=[N+]([O-])c1cnccc1CCc1ccncc1[N+](=O)[O-]. The molecular formula is C12H10N4O4. The van der Waals surface area contributed by atoms with Crippen molar-refractivity contribution in [3.8, 4) is 0 Å². The largest absolute Gasteiger partial charge is 0.290 e. The van der Waals surface area contributed by atoms with Crippen LogP contribution in [0.25, 0.3) is 0 Å². The van der Waals surface area contributed by atoms with Crippen LogP contribution in [0, 0.1) is 20.2 Å². The fourth-order valence-corrected chi connectivity index (χ4v) is 1.85. The van der Waals surface area contributed by atoms with Crippen molar-refractivity contribution in [2.75, 3.05) is 0 Å². The molecule has 0 atom stereocenters. The van der Waals surface area contributed by atoms with Crippen LogP contribution in [0.15, 0.2) is 36.9 Å². The summed E-state index contributed by atoms with van der Waals surface area (Å²) in [6, 6.07) is 3.09. The van der Waals surface area contributed by atoms with E-state index < -0.39 is 9.85 Å². The normalized spacial score (nSPS) is 10.2. The van der Waals surface area contributed by atoms with Crippen molar-refractivity contribution >= 4 is 11.4 Å². The molecule has 2 aromatic heterocycles. The van der Waals surface area contributed by atoms with Gasteiger partial charge in [-0.1, -0.05) is 0 Å². The average molecular weight is 274 g/mol. The molecule has 0 aromatic carbocycles. The van der Waals surface area contributed by atoms with Gasteiger partial charge in [-0.25, -0.2) is 0 Å². The Kier molecular flexibility index (Phi) is 3.94. The van der Waals surface area contributed by atoms with Crippen molar-refractivity contribution in [1.29, 1.82) is 0 Å². The Morgan fingerprint density at radius 3 is 1.60 bits per heavy atom. The van der Waals surface area contributed by atoms with Crippen molar-refractivity contribution in [2.45, 2.75) is 12.8 Å². The van der Waals surface area contributed by atoms with E-state index in [2.05, 4.69) is 9.97 Å². The summed E-state index contributed by atoms with van der Waals surface area (Å²) in [7, 11) is 0. The van der Waals surface area contributed by atoms with E-state index in [1.54, 1.807) is 12.1 Å². The van der Waals surface area contributed by atoms with Crippen molar-refractivity contribution in [1.82, 2.24) is 9.97 Å². The molecule has 8 heteroatoms. The molecule has 0 amide bonds. The fraction of sp³-hybridized carbons (Fsp3) is 0.167. The van der Waals surface area contributed by atoms with Gasteiger partial charge in [0.05, 0.1) is 9.85 Å². The highest BCUT2D eigenvalue weighted by Crippen LogP contribution is 2.22. The Bertz CT molecular complexity index is 602. The third kappa shape index (κ3) is 2.91. The molecule has 0 bridgehead atoms. The second-order valence-electron chi connectivity index (χ2n) is 4.02. The van der Waals surface area contributed by atoms with Gasteiger partial charge in [0.1, 0.15) is 12.4 Å². The standard InChI is InChI=1S/C12H10N4O4/c17-15(18)11-7-13-5-3-9(11)1-2-10-4-6-14-8-12(10)16(19)20/h3-8H,1-2H2. The maximum Gasteiger partial charge on any atom is 0.290 e. The number of rotatable bonds is 5. The highest BCUT2D eigenvalue weighted by molar-refractivity contribution is 5.40. The van der Waals surface area contributed by atoms with Gasteiger partial charge >= 0.3 is 0 Å². The molecule has 20 heavy (non-hydrogen) atoms. The second kappa shape index (κ2) is 5.83. The summed E-state index contributed by atoms with van der Waals surface area (Å²) in [5, 5.41) is 21.7. The van der Waals surface area contributed by atoms with E-state index in [1.807, 2.05) is 0 Å². The molecule has 8 nitrogen and oxygen atoms in total. The molecule has 0 fully saturated rings. The summed E-state index contributed by atoms with van der Waals surface area (Å²) in [4.78, 5) is 28.1. The number of aromatic nitrogens is 2. The van der Waals surface area contributed by atoms with Crippen LogP contribution in [-0.2, 0) is 12.8 Å². The predicted octanol–water partition coefficient (Wildman–Crippen LogP) is 2.08. The van der Waals surface area contributed by atoms with Crippen molar-refractivity contribution in [2.24, 2.45) is 0 Å². The number of aryl methyl sites for hydroxylation is 2. The van der Waals surface area contributed by atoms with Gasteiger partial charge in [0.15, 0.2) is 0 Å². The molecule has 0 aliphatic heterocycles. The minimum atomic E-state index is -0.511. The Morgan fingerprint density at radius 1 is 0.850 bits per heavy atom. The van der Waals surface area contributed by atoms with Gasteiger partial charge in [-0.2, -0.15) is 0 Å². The maximum absolute atomic E-state index is 10.9. The van der Waals surface area contributed by atoms with E-state index in [1.165, 1.54) is 24.8 Å². The zero-order valence-electron chi connectivity index (χ0n) is 10.3. The summed E-state index contributed by atoms with van der Waals surface area (Å²) < 4.78 is 0. The van der Waals surface area contributed by atoms with E-state index in [0.29, 0.717) is 24.0 Å². The zero-order valence-corrected chi connectivity index (χ0v) is 10.3. The summed E-state index contributed by atoms with van der Waals surface area (Å²) in [5.74, 6) is 0. The minimum absolute atomic E-state index is 0.0794. The van der Waals surface area contributed by atoms with E-state index in [-0.39, 0.29) is 11.4 Å². The molecule has 0 saturated heterocycles. The lowest BCUT2D eigenvalue weighted by Crippen LogP contribution is -2.01. The Morgan fingerprint density at radius 2 is 1.25 bits per heavy atom. The first-order chi connectivity index (χ1) is 9.59. The predicted molar refractivity (Wildman–Crippen MR) is 69.2 cm³/mol. The van der Waals surface area contributed by atoms with Gasteiger partial charge in [0.2, 0.25) is 0 Å². The number of pyridine rings is 2. The average Bonchev–Trinajstić information content (AvgIpc) is 2.45. The Labute approximate surface area is 113 Å². The lowest BCUT2D eigenvalue weighted by atomic mass is 10.0. The number of hydrogen-bond donors (Lipinski definition) is 0. The highest BCUT2D eigenvalue weighted by Gasteiger charge is 2.16. The highest BCUT2D eigenvalue weighted by atomic mass is 16.6. The maximum atomic E-state index is 10.9. The van der Waals surface area contributed by atoms with Crippen LogP contribution in [0.2, 0.25) is 0 Å². The molecule has 2 heterocycles. The van der Waals surface area contributed by atoms with E-state index in [0.717, 1.165) is 0 Å². The van der Waals surface area contributed by atoms with Crippen LogP contribution >= 0.6 is 0 Å². The summed E-state index contributed by atoms with van der Waals surface area (Å²) in [6.07, 6.45) is 5.92. The van der Waals surface area contributed by atoms with E-state index in [9.17, 15) is 20.2 Å². The quantitative estimate of drug-likeness (QED) is 0.609. The van der Waals surface area contributed by atoms with Gasteiger partial charge in [-0.05, 0) is 25.0 Å². The first kappa shape index (κ1) is 13.5. The van der Waals surface area contributed by atoms with Crippen LogP contribution in [-0.4, -0.2) is 19.8 Å². The van der Waals surface area contributed by atoms with Gasteiger partial charge in [0.25, 0.3) is 11.4 Å². The molecule has 0 unspecified atom stereocenters. The molecule has 0 spiro atoms. The minimum Gasteiger partial charge on any atom is -0.258 e. The van der Waals surface area contributed by atoms with E-state index in [4.69, 9.17) is 0 Å². The number of nitrogens with zero attached hydrogens (tertiary/aromatic N) is 4. The molecule has 0 N–H and O–H groups in total. The lowest BCUT2D eigenvalue weighted by molar-refractivity contribution is -0.386. The summed E-state index contributed by atoms with van der Waals surface area (Å²) in [6.45, 7) is 0. The van der Waals surface area contributed by atoms with Gasteiger partial charge < -0.3 is 0 Å². The van der Waals surface area contributed by atoms with Crippen molar-refractivity contribution in [3.63, 3.8) is 0 Å². The van der Waals surface area contributed by atoms with Gasteiger partial charge in [0, 0.05) is 23.5 Å². The number of hydrogen-bond acceptors (Lipinski definition) is 6. The molecule has 0 saturated carbocycles. The smallest absolute Gasteiger partial charge is 0.258 e.